The summed E-state index contributed by atoms with van der Waals surface area (Å²) in [6, 6.07) is -0.541. The summed E-state index contributed by atoms with van der Waals surface area (Å²) in [7, 11) is 0. The van der Waals surface area contributed by atoms with Crippen molar-refractivity contribution in [1.29, 1.82) is 0 Å². The van der Waals surface area contributed by atoms with E-state index in [2.05, 4.69) is 43.5 Å². The maximum absolute atomic E-state index is 12.6. The second kappa shape index (κ2) is 72.8. The Bertz CT molecular complexity index is 1300. The molecule has 0 heterocycles. The Morgan fingerprint density at radius 2 is 0.566 bits per heavy atom. The van der Waals surface area contributed by atoms with Gasteiger partial charge >= 0.3 is 5.97 Å². The molecule has 2 atom stereocenters. The molecule has 0 saturated carbocycles. The van der Waals surface area contributed by atoms with Crippen LogP contribution in [0.1, 0.15) is 431 Å². The Morgan fingerprint density at radius 3 is 0.867 bits per heavy atom. The number of allylic oxidation sites excluding steroid dienone is 4. The van der Waals surface area contributed by atoms with Gasteiger partial charge in [0.25, 0.3) is 0 Å². The van der Waals surface area contributed by atoms with Gasteiger partial charge in [-0.15, -0.1) is 0 Å². The molecule has 0 aliphatic rings. The first kappa shape index (κ1) is 81.3. The second-order valence-corrected chi connectivity index (χ2v) is 26.3. The minimum Gasteiger partial charge on any atom is -0.466 e. The SMILES string of the molecule is CCCCCC/C=C\CCCCCCCC(=O)OCCCCCCCCCCCCCC/C=C\CCCCCCCCCCCCCCCCC(=O)NC(CO)C(O)CCCCCCCCCCCCCCCCCCCCCCCCC. The van der Waals surface area contributed by atoms with Gasteiger partial charge in [-0.05, 0) is 77.0 Å². The van der Waals surface area contributed by atoms with Crippen LogP contribution in [-0.4, -0.2) is 47.4 Å². The van der Waals surface area contributed by atoms with Crippen molar-refractivity contribution >= 4 is 11.9 Å². The minimum atomic E-state index is -0.664. The van der Waals surface area contributed by atoms with Gasteiger partial charge in [-0.3, -0.25) is 9.59 Å². The van der Waals surface area contributed by atoms with E-state index in [-0.39, 0.29) is 18.5 Å². The molecule has 6 heteroatoms. The van der Waals surface area contributed by atoms with Gasteiger partial charge in [0, 0.05) is 12.8 Å². The molecule has 0 aliphatic heterocycles. The highest BCUT2D eigenvalue weighted by Gasteiger charge is 2.20. The van der Waals surface area contributed by atoms with E-state index in [9.17, 15) is 19.8 Å². The van der Waals surface area contributed by atoms with E-state index in [1.807, 2.05) is 0 Å². The van der Waals surface area contributed by atoms with Crippen LogP contribution in [0.3, 0.4) is 0 Å². The third kappa shape index (κ3) is 69.3. The molecule has 0 saturated heterocycles. The summed E-state index contributed by atoms with van der Waals surface area (Å²) in [6.45, 7) is 4.98. The monoisotopic (exact) mass is 1170 g/mol. The predicted molar refractivity (Wildman–Crippen MR) is 366 cm³/mol. The smallest absolute Gasteiger partial charge is 0.305 e. The molecule has 3 N–H and O–H groups in total. The zero-order valence-corrected chi connectivity index (χ0v) is 56.5. The first-order valence-electron chi connectivity index (χ1n) is 38.1. The fourth-order valence-corrected chi connectivity index (χ4v) is 12.2. The van der Waals surface area contributed by atoms with Crippen LogP contribution in [0.25, 0.3) is 0 Å². The molecule has 0 rings (SSSR count). The van der Waals surface area contributed by atoms with Gasteiger partial charge in [0.15, 0.2) is 0 Å². The summed E-state index contributed by atoms with van der Waals surface area (Å²) in [5, 5.41) is 23.5. The number of rotatable bonds is 72. The van der Waals surface area contributed by atoms with Crippen molar-refractivity contribution in [2.45, 2.75) is 443 Å². The number of ether oxygens (including phenoxy) is 1. The van der Waals surface area contributed by atoms with Crippen molar-refractivity contribution in [1.82, 2.24) is 5.32 Å². The van der Waals surface area contributed by atoms with Crippen LogP contribution in [0.5, 0.6) is 0 Å². The van der Waals surface area contributed by atoms with E-state index in [1.165, 1.54) is 353 Å². The Hall–Kier alpha value is -1.66. The van der Waals surface area contributed by atoms with E-state index in [4.69, 9.17) is 4.74 Å². The van der Waals surface area contributed by atoms with Crippen molar-refractivity contribution < 1.29 is 24.5 Å². The van der Waals surface area contributed by atoms with Crippen LogP contribution in [0.4, 0.5) is 0 Å². The molecular weight excluding hydrogens is 1020 g/mol. The normalized spacial score (nSPS) is 12.6. The number of hydrogen-bond acceptors (Lipinski definition) is 5. The van der Waals surface area contributed by atoms with Crippen molar-refractivity contribution in [2.75, 3.05) is 13.2 Å². The molecule has 0 aromatic rings. The zero-order chi connectivity index (χ0) is 59.9. The van der Waals surface area contributed by atoms with E-state index < -0.39 is 12.1 Å². The summed E-state index contributed by atoms with van der Waals surface area (Å²) in [5.74, 6) is -0.0195. The predicted octanol–water partition coefficient (Wildman–Crippen LogP) is 24.9. The van der Waals surface area contributed by atoms with Gasteiger partial charge in [0.05, 0.1) is 25.4 Å². The highest BCUT2D eigenvalue weighted by Crippen LogP contribution is 2.19. The number of aliphatic hydroxyl groups is 2. The number of carbonyl (C=O) groups is 2. The lowest BCUT2D eigenvalue weighted by Gasteiger charge is -2.22. The van der Waals surface area contributed by atoms with Crippen molar-refractivity contribution in [2.24, 2.45) is 0 Å². The molecule has 83 heavy (non-hydrogen) atoms. The first-order chi connectivity index (χ1) is 41.0. The average Bonchev–Trinajstić information content (AvgIpc) is 3.48. The summed E-state index contributed by atoms with van der Waals surface area (Å²) >= 11 is 0. The molecule has 0 aromatic carbocycles. The zero-order valence-electron chi connectivity index (χ0n) is 56.5. The quantitative estimate of drug-likeness (QED) is 0.0320. The molecule has 0 radical (unpaired) electrons. The van der Waals surface area contributed by atoms with Crippen molar-refractivity contribution in [3.63, 3.8) is 0 Å². The topological polar surface area (TPSA) is 95.9 Å². The van der Waals surface area contributed by atoms with Gasteiger partial charge in [0.1, 0.15) is 0 Å². The molecule has 0 spiro atoms. The highest BCUT2D eigenvalue weighted by molar-refractivity contribution is 5.76. The molecule has 0 aliphatic carbocycles. The van der Waals surface area contributed by atoms with Crippen LogP contribution in [-0.2, 0) is 14.3 Å². The lowest BCUT2D eigenvalue weighted by molar-refractivity contribution is -0.143. The Kier molecular flexibility index (Phi) is 71.4. The lowest BCUT2D eigenvalue weighted by Crippen LogP contribution is -2.45. The van der Waals surface area contributed by atoms with Gasteiger partial charge in [-0.2, -0.15) is 0 Å². The minimum absolute atomic E-state index is 0.00870. The van der Waals surface area contributed by atoms with Crippen molar-refractivity contribution in [3.8, 4) is 0 Å². The fourth-order valence-electron chi connectivity index (χ4n) is 12.2. The fraction of sp³-hybridized carbons (Fsp3) is 0.922. The largest absolute Gasteiger partial charge is 0.466 e. The molecular formula is C77H149NO5. The number of carbonyl (C=O) groups excluding carboxylic acids is 2. The van der Waals surface area contributed by atoms with E-state index in [0.717, 1.165) is 44.9 Å². The van der Waals surface area contributed by atoms with Gasteiger partial charge in [0.2, 0.25) is 5.91 Å². The number of nitrogens with one attached hydrogen (secondary N) is 1. The van der Waals surface area contributed by atoms with Crippen LogP contribution < -0.4 is 5.32 Å². The number of aliphatic hydroxyl groups excluding tert-OH is 2. The highest BCUT2D eigenvalue weighted by atomic mass is 16.5. The van der Waals surface area contributed by atoms with Gasteiger partial charge in [-0.1, -0.05) is 366 Å². The summed E-state index contributed by atoms with van der Waals surface area (Å²) in [5.41, 5.74) is 0. The van der Waals surface area contributed by atoms with E-state index >= 15 is 0 Å². The molecule has 0 aromatic heterocycles. The third-order valence-electron chi connectivity index (χ3n) is 18.0. The van der Waals surface area contributed by atoms with Crippen LogP contribution in [0.2, 0.25) is 0 Å². The molecule has 0 bridgehead atoms. The van der Waals surface area contributed by atoms with Crippen molar-refractivity contribution in [3.05, 3.63) is 24.3 Å². The first-order valence-corrected chi connectivity index (χ1v) is 38.1. The van der Waals surface area contributed by atoms with Gasteiger partial charge in [-0.25, -0.2) is 0 Å². The summed E-state index contributed by atoms with van der Waals surface area (Å²) < 4.78 is 5.48. The molecule has 2 unspecified atom stereocenters. The third-order valence-corrected chi connectivity index (χ3v) is 18.0. The summed E-state index contributed by atoms with van der Waals surface area (Å²) in [6.07, 6.45) is 92.5. The average molecular weight is 1170 g/mol. The molecule has 1 amide bonds. The Balaban J connectivity index is 3.37. The van der Waals surface area contributed by atoms with Crippen LogP contribution in [0.15, 0.2) is 24.3 Å². The Morgan fingerprint density at radius 1 is 0.325 bits per heavy atom. The Labute approximate surface area is 520 Å². The summed E-state index contributed by atoms with van der Waals surface area (Å²) in [4.78, 5) is 24.6. The molecule has 0 fully saturated rings. The maximum Gasteiger partial charge on any atom is 0.305 e. The standard InChI is InChI=1S/C77H149NO5/c1-3-5-7-9-11-13-15-17-18-19-20-21-30-33-36-39-42-46-49-53-57-61-65-69-75(80)74(73-79)78-76(81)70-66-62-58-54-50-47-43-40-37-34-31-28-26-24-22-23-25-27-29-32-35-38-41-44-48-52-56-60-64-68-72-83-77(82)71-67-63-59-55-51-45-16-14-12-10-8-6-4-2/h14,16,23,25,74-75,79-80H,3-13,15,17-22,24,26-73H2,1-2H3,(H,78,81)/b16-14-,25-23-. The lowest BCUT2D eigenvalue weighted by atomic mass is 10.0. The number of unbranched alkanes of at least 4 members (excludes halogenated alkanes) is 57. The van der Waals surface area contributed by atoms with Crippen LogP contribution >= 0.6 is 0 Å². The number of amides is 1. The van der Waals surface area contributed by atoms with E-state index in [1.54, 1.807) is 0 Å². The van der Waals surface area contributed by atoms with E-state index in [0.29, 0.717) is 25.9 Å². The number of hydrogen-bond donors (Lipinski definition) is 3. The molecule has 6 nitrogen and oxygen atoms in total. The second-order valence-electron chi connectivity index (χ2n) is 26.3. The van der Waals surface area contributed by atoms with Gasteiger partial charge < -0.3 is 20.3 Å². The molecule has 492 valence electrons. The number of esters is 1. The maximum atomic E-state index is 12.6. The van der Waals surface area contributed by atoms with Crippen LogP contribution in [0, 0.1) is 0 Å².